The minimum Gasteiger partial charge on any atom is -0.343 e. The second kappa shape index (κ2) is 7.81. The van der Waals surface area contributed by atoms with Gasteiger partial charge >= 0.3 is 0 Å². The molecule has 0 radical (unpaired) electrons. The van der Waals surface area contributed by atoms with E-state index in [1.165, 1.54) is 5.56 Å². The molecule has 1 aromatic rings. The van der Waals surface area contributed by atoms with Gasteiger partial charge in [-0.05, 0) is 39.3 Å². The molecule has 0 aliphatic carbocycles. The summed E-state index contributed by atoms with van der Waals surface area (Å²) >= 11 is 0. The average Bonchev–Trinajstić information content (AvgIpc) is 2.42. The molecular formula is C17H26N2O2. The topological polar surface area (TPSA) is 40.6 Å². The predicted octanol–water partition coefficient (Wildman–Crippen LogP) is 2.91. The molecule has 0 spiro atoms. The van der Waals surface area contributed by atoms with Crippen LogP contribution < -0.4 is 4.90 Å². The van der Waals surface area contributed by atoms with Crippen LogP contribution in [0.3, 0.4) is 0 Å². The molecule has 0 heterocycles. The fourth-order valence-electron chi connectivity index (χ4n) is 2.50. The van der Waals surface area contributed by atoms with Crippen LogP contribution in [0.1, 0.15) is 38.3 Å². The lowest BCUT2D eigenvalue weighted by atomic mass is 10.1. The second-order valence-electron chi connectivity index (χ2n) is 5.28. The molecule has 0 saturated carbocycles. The molecular weight excluding hydrogens is 264 g/mol. The van der Waals surface area contributed by atoms with Crippen LogP contribution >= 0.6 is 0 Å². The Balaban J connectivity index is 2.84. The van der Waals surface area contributed by atoms with E-state index in [4.69, 9.17) is 0 Å². The molecule has 1 rings (SSSR count). The molecule has 1 aromatic carbocycles. The first kappa shape index (κ1) is 17.2. The lowest BCUT2D eigenvalue weighted by Gasteiger charge is -2.25. The van der Waals surface area contributed by atoms with Crippen LogP contribution in [0.25, 0.3) is 0 Å². The van der Waals surface area contributed by atoms with Crippen molar-refractivity contribution >= 4 is 17.5 Å². The molecule has 2 amide bonds. The highest BCUT2D eigenvalue weighted by Crippen LogP contribution is 2.21. The highest BCUT2D eigenvalue weighted by molar-refractivity contribution is 5.93. The first-order valence-electron chi connectivity index (χ1n) is 7.53. The van der Waals surface area contributed by atoms with E-state index in [0.717, 1.165) is 11.3 Å². The summed E-state index contributed by atoms with van der Waals surface area (Å²) in [7, 11) is 0. The maximum absolute atomic E-state index is 12.1. The van der Waals surface area contributed by atoms with Crippen molar-refractivity contribution in [1.82, 2.24) is 4.90 Å². The number of anilines is 1. The molecule has 4 heteroatoms. The number of benzene rings is 1. The van der Waals surface area contributed by atoms with Crippen molar-refractivity contribution in [2.45, 2.75) is 41.0 Å². The molecule has 0 saturated heterocycles. The van der Waals surface area contributed by atoms with Gasteiger partial charge in [-0.25, -0.2) is 0 Å². The average molecular weight is 290 g/mol. The summed E-state index contributed by atoms with van der Waals surface area (Å²) in [6.45, 7) is 11.3. The van der Waals surface area contributed by atoms with Gasteiger partial charge in [0.2, 0.25) is 11.8 Å². The highest BCUT2D eigenvalue weighted by atomic mass is 16.2. The SMILES string of the molecule is CCN(CC)C(=O)CCN(C(C)=O)c1ccc(C)cc1C. The van der Waals surface area contributed by atoms with Crippen molar-refractivity contribution in [3.05, 3.63) is 29.3 Å². The molecule has 21 heavy (non-hydrogen) atoms. The standard InChI is InChI=1S/C17H26N2O2/c1-6-18(7-2)17(21)10-11-19(15(5)20)16-9-8-13(3)12-14(16)4/h8-9,12H,6-7,10-11H2,1-5H3. The Morgan fingerprint density at radius 2 is 1.71 bits per heavy atom. The van der Waals surface area contributed by atoms with Crippen LogP contribution in [-0.4, -0.2) is 36.3 Å². The number of amides is 2. The third-order valence-corrected chi connectivity index (χ3v) is 3.69. The van der Waals surface area contributed by atoms with Gasteiger partial charge in [-0.15, -0.1) is 0 Å². The van der Waals surface area contributed by atoms with E-state index >= 15 is 0 Å². The molecule has 116 valence electrons. The number of rotatable bonds is 6. The predicted molar refractivity (Wildman–Crippen MR) is 86.5 cm³/mol. The molecule has 0 aromatic heterocycles. The number of aryl methyl sites for hydroxylation is 2. The Labute approximate surface area is 127 Å². The Hall–Kier alpha value is -1.84. The Bertz CT molecular complexity index is 508. The Kier molecular flexibility index (Phi) is 6.40. The van der Waals surface area contributed by atoms with Crippen molar-refractivity contribution < 1.29 is 9.59 Å². The fourth-order valence-corrected chi connectivity index (χ4v) is 2.50. The summed E-state index contributed by atoms with van der Waals surface area (Å²) < 4.78 is 0. The summed E-state index contributed by atoms with van der Waals surface area (Å²) in [6, 6.07) is 6.00. The number of carbonyl (C=O) groups excluding carboxylic acids is 2. The number of carbonyl (C=O) groups is 2. The Morgan fingerprint density at radius 3 is 2.19 bits per heavy atom. The maximum Gasteiger partial charge on any atom is 0.224 e. The van der Waals surface area contributed by atoms with E-state index in [0.29, 0.717) is 26.1 Å². The molecule has 0 aliphatic heterocycles. The van der Waals surface area contributed by atoms with E-state index < -0.39 is 0 Å². The summed E-state index contributed by atoms with van der Waals surface area (Å²) in [5.74, 6) is 0.0605. The zero-order valence-electron chi connectivity index (χ0n) is 13.8. The smallest absolute Gasteiger partial charge is 0.224 e. The van der Waals surface area contributed by atoms with E-state index in [1.54, 1.807) is 16.7 Å². The van der Waals surface area contributed by atoms with Crippen LogP contribution in [0.15, 0.2) is 18.2 Å². The summed E-state index contributed by atoms with van der Waals surface area (Å²) in [5.41, 5.74) is 3.11. The van der Waals surface area contributed by atoms with Crippen LogP contribution in [0.4, 0.5) is 5.69 Å². The first-order valence-corrected chi connectivity index (χ1v) is 7.53. The van der Waals surface area contributed by atoms with Gasteiger partial charge in [0.15, 0.2) is 0 Å². The number of hydrogen-bond acceptors (Lipinski definition) is 2. The molecule has 0 bridgehead atoms. The quantitative estimate of drug-likeness (QED) is 0.808. The zero-order valence-corrected chi connectivity index (χ0v) is 13.8. The van der Waals surface area contributed by atoms with E-state index in [2.05, 4.69) is 6.07 Å². The van der Waals surface area contributed by atoms with Crippen molar-refractivity contribution in [1.29, 1.82) is 0 Å². The fraction of sp³-hybridized carbons (Fsp3) is 0.529. The van der Waals surface area contributed by atoms with Crippen molar-refractivity contribution in [2.75, 3.05) is 24.5 Å². The minimum absolute atomic E-state index is 0.0331. The lowest BCUT2D eigenvalue weighted by Crippen LogP contribution is -2.36. The van der Waals surface area contributed by atoms with E-state index in [9.17, 15) is 9.59 Å². The van der Waals surface area contributed by atoms with Gasteiger partial charge in [0.25, 0.3) is 0 Å². The molecule has 0 aliphatic rings. The summed E-state index contributed by atoms with van der Waals surface area (Å²) in [5, 5.41) is 0. The van der Waals surface area contributed by atoms with Crippen LogP contribution in [0, 0.1) is 13.8 Å². The van der Waals surface area contributed by atoms with Gasteiger partial charge < -0.3 is 9.80 Å². The molecule has 0 N–H and O–H groups in total. The van der Waals surface area contributed by atoms with Crippen LogP contribution in [0.5, 0.6) is 0 Å². The Morgan fingerprint density at radius 1 is 1.10 bits per heavy atom. The summed E-state index contributed by atoms with van der Waals surface area (Å²) in [6.07, 6.45) is 0.356. The lowest BCUT2D eigenvalue weighted by molar-refractivity contribution is -0.130. The third kappa shape index (κ3) is 4.59. The second-order valence-corrected chi connectivity index (χ2v) is 5.28. The van der Waals surface area contributed by atoms with E-state index in [1.807, 2.05) is 39.8 Å². The molecule has 4 nitrogen and oxygen atoms in total. The van der Waals surface area contributed by atoms with Crippen molar-refractivity contribution in [3.8, 4) is 0 Å². The van der Waals surface area contributed by atoms with Gasteiger partial charge in [-0.3, -0.25) is 9.59 Å². The van der Waals surface area contributed by atoms with Gasteiger partial charge in [-0.2, -0.15) is 0 Å². The van der Waals surface area contributed by atoms with E-state index in [-0.39, 0.29) is 11.8 Å². The molecule has 0 unspecified atom stereocenters. The largest absolute Gasteiger partial charge is 0.343 e. The highest BCUT2D eigenvalue weighted by Gasteiger charge is 2.17. The van der Waals surface area contributed by atoms with Crippen molar-refractivity contribution in [2.24, 2.45) is 0 Å². The number of nitrogens with zero attached hydrogens (tertiary/aromatic N) is 2. The third-order valence-electron chi connectivity index (χ3n) is 3.69. The summed E-state index contributed by atoms with van der Waals surface area (Å²) in [4.78, 5) is 27.5. The van der Waals surface area contributed by atoms with Crippen LogP contribution in [-0.2, 0) is 9.59 Å². The first-order chi connectivity index (χ1) is 9.90. The van der Waals surface area contributed by atoms with Gasteiger partial charge in [-0.1, -0.05) is 17.7 Å². The van der Waals surface area contributed by atoms with Crippen molar-refractivity contribution in [3.63, 3.8) is 0 Å². The van der Waals surface area contributed by atoms with Gasteiger partial charge in [0, 0.05) is 38.7 Å². The maximum atomic E-state index is 12.1. The monoisotopic (exact) mass is 290 g/mol. The van der Waals surface area contributed by atoms with Crippen LogP contribution in [0.2, 0.25) is 0 Å². The normalized spacial score (nSPS) is 10.3. The number of hydrogen-bond donors (Lipinski definition) is 0. The zero-order chi connectivity index (χ0) is 16.0. The minimum atomic E-state index is -0.0331. The molecule has 0 atom stereocenters. The molecule has 0 fully saturated rings. The van der Waals surface area contributed by atoms with Gasteiger partial charge in [0.1, 0.15) is 0 Å². The van der Waals surface area contributed by atoms with Gasteiger partial charge in [0.05, 0.1) is 0 Å².